The van der Waals surface area contributed by atoms with E-state index < -0.39 is 17.4 Å². The summed E-state index contributed by atoms with van der Waals surface area (Å²) in [6.45, 7) is 5.06. The van der Waals surface area contributed by atoms with Gasteiger partial charge in [0.25, 0.3) is 0 Å². The number of cyclic esters (lactones) is 1. The highest BCUT2D eigenvalue weighted by Gasteiger charge is 2.59. The maximum Gasteiger partial charge on any atom is 0.432 e. The van der Waals surface area contributed by atoms with Crippen molar-refractivity contribution in [2.75, 3.05) is 5.01 Å². The standard InChI is InChI=1S/C9H14N4O3/c1-4-8(2)9(3,15)13(7(14)16-8)12-5-10-11-6-12/h5-6,15H,4H2,1-3H3/t8-,9-/m0/s1. The van der Waals surface area contributed by atoms with E-state index in [-0.39, 0.29) is 0 Å². The lowest BCUT2D eigenvalue weighted by Gasteiger charge is -2.36. The van der Waals surface area contributed by atoms with Crippen LogP contribution in [0.25, 0.3) is 0 Å². The first-order chi connectivity index (χ1) is 7.42. The van der Waals surface area contributed by atoms with E-state index in [1.807, 2.05) is 6.92 Å². The Balaban J connectivity index is 2.45. The Kier molecular flexibility index (Phi) is 2.16. The molecular formula is C9H14N4O3. The molecule has 1 amide bonds. The topological polar surface area (TPSA) is 80.5 Å². The molecule has 1 aliphatic heterocycles. The highest BCUT2D eigenvalue weighted by molar-refractivity contribution is 5.83. The summed E-state index contributed by atoms with van der Waals surface area (Å²) in [5.41, 5.74) is -2.39. The van der Waals surface area contributed by atoms with E-state index in [2.05, 4.69) is 10.2 Å². The SMILES string of the molecule is CC[C@]1(C)OC(=O)N(n2cnnc2)[C@@]1(C)O. The highest BCUT2D eigenvalue weighted by atomic mass is 16.6. The summed E-state index contributed by atoms with van der Waals surface area (Å²) in [7, 11) is 0. The predicted molar refractivity (Wildman–Crippen MR) is 54.0 cm³/mol. The molecule has 16 heavy (non-hydrogen) atoms. The van der Waals surface area contributed by atoms with E-state index in [1.54, 1.807) is 6.92 Å². The number of hydrogen-bond acceptors (Lipinski definition) is 5. The highest BCUT2D eigenvalue weighted by Crippen LogP contribution is 2.38. The predicted octanol–water partition coefficient (Wildman–Crippen LogP) is 0.244. The number of aromatic nitrogens is 3. The number of rotatable bonds is 2. The van der Waals surface area contributed by atoms with E-state index in [0.29, 0.717) is 6.42 Å². The van der Waals surface area contributed by atoms with Gasteiger partial charge in [-0.05, 0) is 20.3 Å². The Morgan fingerprint density at radius 1 is 1.44 bits per heavy atom. The third-order valence-corrected chi connectivity index (χ3v) is 3.21. The molecule has 1 saturated heterocycles. The summed E-state index contributed by atoms with van der Waals surface area (Å²) in [5.74, 6) is 0. The Morgan fingerprint density at radius 2 is 2.00 bits per heavy atom. The molecule has 1 aliphatic rings. The zero-order chi connectivity index (χ0) is 12.0. The van der Waals surface area contributed by atoms with Crippen LogP contribution in [0.15, 0.2) is 12.7 Å². The molecule has 1 fully saturated rings. The van der Waals surface area contributed by atoms with Crippen molar-refractivity contribution < 1.29 is 14.6 Å². The molecule has 1 aromatic heterocycles. The van der Waals surface area contributed by atoms with Crippen molar-refractivity contribution in [1.82, 2.24) is 14.9 Å². The minimum absolute atomic E-state index is 0.504. The van der Waals surface area contributed by atoms with Gasteiger partial charge in [-0.2, -0.15) is 5.01 Å². The molecule has 0 bridgehead atoms. The van der Waals surface area contributed by atoms with Gasteiger partial charge in [0.15, 0.2) is 5.60 Å². The summed E-state index contributed by atoms with van der Waals surface area (Å²) in [6.07, 6.45) is 2.55. The molecule has 0 saturated carbocycles. The smallest absolute Gasteiger partial charge is 0.432 e. The zero-order valence-corrected chi connectivity index (χ0v) is 9.41. The van der Waals surface area contributed by atoms with Gasteiger partial charge in [-0.1, -0.05) is 6.92 Å². The van der Waals surface area contributed by atoms with Gasteiger partial charge in [-0.25, -0.2) is 9.47 Å². The fraction of sp³-hybridized carbons (Fsp3) is 0.667. The zero-order valence-electron chi connectivity index (χ0n) is 9.41. The molecular weight excluding hydrogens is 212 g/mol. The van der Waals surface area contributed by atoms with Gasteiger partial charge in [0.2, 0.25) is 5.72 Å². The first-order valence-corrected chi connectivity index (χ1v) is 5.03. The third kappa shape index (κ3) is 1.21. The molecule has 7 nitrogen and oxygen atoms in total. The second-order valence-corrected chi connectivity index (χ2v) is 4.13. The van der Waals surface area contributed by atoms with Gasteiger partial charge in [0.1, 0.15) is 12.7 Å². The molecule has 2 atom stereocenters. The van der Waals surface area contributed by atoms with Crippen LogP contribution < -0.4 is 5.01 Å². The summed E-state index contributed by atoms with van der Waals surface area (Å²) in [6, 6.07) is 0. The third-order valence-electron chi connectivity index (χ3n) is 3.21. The van der Waals surface area contributed by atoms with Gasteiger partial charge in [0, 0.05) is 0 Å². The molecule has 0 radical (unpaired) electrons. The van der Waals surface area contributed by atoms with Gasteiger partial charge >= 0.3 is 6.09 Å². The van der Waals surface area contributed by atoms with E-state index in [4.69, 9.17) is 4.74 Å². The second kappa shape index (κ2) is 3.18. The van der Waals surface area contributed by atoms with Crippen molar-refractivity contribution in [3.05, 3.63) is 12.7 Å². The number of nitrogens with zero attached hydrogens (tertiary/aromatic N) is 4. The lowest BCUT2D eigenvalue weighted by molar-refractivity contribution is -0.0921. The Labute approximate surface area is 92.6 Å². The quantitative estimate of drug-likeness (QED) is 0.781. The van der Waals surface area contributed by atoms with Crippen LogP contribution in [-0.2, 0) is 4.74 Å². The van der Waals surface area contributed by atoms with E-state index >= 15 is 0 Å². The maximum absolute atomic E-state index is 11.7. The van der Waals surface area contributed by atoms with Gasteiger partial charge in [-0.15, -0.1) is 10.2 Å². The van der Waals surface area contributed by atoms with Crippen molar-refractivity contribution in [3.8, 4) is 0 Å². The fourth-order valence-electron chi connectivity index (χ4n) is 1.76. The van der Waals surface area contributed by atoms with Gasteiger partial charge < -0.3 is 9.84 Å². The summed E-state index contributed by atoms with van der Waals surface area (Å²) in [5, 5.41) is 18.7. The molecule has 1 aromatic rings. The lowest BCUT2D eigenvalue weighted by Crippen LogP contribution is -2.58. The maximum atomic E-state index is 11.7. The Morgan fingerprint density at radius 3 is 2.44 bits per heavy atom. The molecule has 0 aromatic carbocycles. The van der Waals surface area contributed by atoms with Crippen LogP contribution in [0.1, 0.15) is 27.2 Å². The second-order valence-electron chi connectivity index (χ2n) is 4.13. The van der Waals surface area contributed by atoms with Crippen LogP contribution in [0.5, 0.6) is 0 Å². The molecule has 7 heteroatoms. The minimum atomic E-state index is -1.44. The Bertz CT molecular complexity index is 403. The molecule has 2 rings (SSSR count). The molecule has 0 unspecified atom stereocenters. The van der Waals surface area contributed by atoms with Crippen molar-refractivity contribution >= 4 is 6.09 Å². The van der Waals surface area contributed by atoms with Gasteiger partial charge in [-0.3, -0.25) is 0 Å². The average Bonchev–Trinajstić information content (AvgIpc) is 2.74. The molecule has 2 heterocycles. The largest absolute Gasteiger partial charge is 0.437 e. The van der Waals surface area contributed by atoms with E-state index in [9.17, 15) is 9.90 Å². The van der Waals surface area contributed by atoms with Crippen LogP contribution in [0.3, 0.4) is 0 Å². The lowest BCUT2D eigenvalue weighted by atomic mass is 9.91. The van der Waals surface area contributed by atoms with E-state index in [1.165, 1.54) is 24.3 Å². The fourth-order valence-corrected chi connectivity index (χ4v) is 1.76. The average molecular weight is 226 g/mol. The number of aliphatic hydroxyl groups is 1. The van der Waals surface area contributed by atoms with Gasteiger partial charge in [0.05, 0.1) is 0 Å². The first-order valence-electron chi connectivity index (χ1n) is 5.03. The van der Waals surface area contributed by atoms with Crippen LogP contribution in [0.2, 0.25) is 0 Å². The Hall–Kier alpha value is -1.63. The first kappa shape index (κ1) is 10.9. The van der Waals surface area contributed by atoms with E-state index in [0.717, 1.165) is 5.01 Å². The molecule has 1 N–H and O–H groups in total. The number of carbonyl (C=O) groups is 1. The molecule has 88 valence electrons. The monoisotopic (exact) mass is 226 g/mol. The number of carbonyl (C=O) groups excluding carboxylic acids is 1. The summed E-state index contributed by atoms with van der Waals surface area (Å²) in [4.78, 5) is 11.7. The normalized spacial score (nSPS) is 34.2. The van der Waals surface area contributed by atoms with Crippen molar-refractivity contribution in [2.24, 2.45) is 0 Å². The summed E-state index contributed by atoms with van der Waals surface area (Å²) < 4.78 is 6.52. The van der Waals surface area contributed by atoms with Crippen LogP contribution >= 0.6 is 0 Å². The molecule has 0 spiro atoms. The minimum Gasteiger partial charge on any atom is -0.437 e. The van der Waals surface area contributed by atoms with Crippen molar-refractivity contribution in [3.63, 3.8) is 0 Å². The summed E-state index contributed by atoms with van der Waals surface area (Å²) >= 11 is 0. The van der Waals surface area contributed by atoms with Crippen LogP contribution in [0.4, 0.5) is 4.79 Å². The number of amides is 1. The number of ether oxygens (including phenoxy) is 1. The van der Waals surface area contributed by atoms with Crippen LogP contribution in [0, 0.1) is 0 Å². The van der Waals surface area contributed by atoms with Crippen LogP contribution in [-0.4, -0.2) is 37.4 Å². The number of hydrogen-bond donors (Lipinski definition) is 1. The molecule has 0 aliphatic carbocycles. The van der Waals surface area contributed by atoms with Crippen molar-refractivity contribution in [2.45, 2.75) is 38.5 Å². The van der Waals surface area contributed by atoms with Crippen molar-refractivity contribution in [1.29, 1.82) is 0 Å².